The molecular weight excluding hydrogens is 414 g/mol. The Labute approximate surface area is 192 Å². The van der Waals surface area contributed by atoms with Crippen LogP contribution in [-0.2, 0) is 13.2 Å². The molecule has 0 aliphatic rings. The second-order valence-electron chi connectivity index (χ2n) is 7.54. The highest BCUT2D eigenvalue weighted by atomic mass is 16.5. The van der Waals surface area contributed by atoms with E-state index in [4.69, 9.17) is 13.9 Å². The van der Waals surface area contributed by atoms with E-state index >= 15 is 0 Å². The van der Waals surface area contributed by atoms with Gasteiger partial charge in [0, 0.05) is 17.8 Å². The first kappa shape index (κ1) is 20.6. The zero-order valence-corrected chi connectivity index (χ0v) is 18.2. The molecule has 0 aliphatic heterocycles. The van der Waals surface area contributed by atoms with Crippen LogP contribution in [0.5, 0.6) is 11.6 Å². The first-order chi connectivity index (χ1) is 16.2. The van der Waals surface area contributed by atoms with Crippen LogP contribution < -0.4 is 9.47 Å². The zero-order valence-electron chi connectivity index (χ0n) is 18.2. The fourth-order valence-corrected chi connectivity index (χ4v) is 3.37. The molecule has 33 heavy (non-hydrogen) atoms. The zero-order chi connectivity index (χ0) is 22.5. The number of hydrogen-bond donors (Lipinski definition) is 0. The average molecular weight is 437 g/mol. The normalized spacial score (nSPS) is 10.8. The van der Waals surface area contributed by atoms with E-state index in [1.807, 2.05) is 104 Å². The summed E-state index contributed by atoms with van der Waals surface area (Å²) in [6, 6.07) is 29.4. The van der Waals surface area contributed by atoms with Crippen LogP contribution in [0.4, 0.5) is 0 Å². The summed E-state index contributed by atoms with van der Waals surface area (Å²) in [7, 11) is 0. The summed E-state index contributed by atoms with van der Waals surface area (Å²) in [6.45, 7) is 2.67. The molecule has 0 N–H and O–H groups in total. The average Bonchev–Trinajstić information content (AvgIpc) is 3.50. The Bertz CT molecular complexity index is 1310. The molecule has 5 rings (SSSR count). The van der Waals surface area contributed by atoms with Crippen LogP contribution in [0.1, 0.15) is 17.0 Å². The molecule has 0 saturated heterocycles. The van der Waals surface area contributed by atoms with E-state index < -0.39 is 0 Å². The van der Waals surface area contributed by atoms with Crippen LogP contribution >= 0.6 is 0 Å². The van der Waals surface area contributed by atoms with Crippen LogP contribution in [0.15, 0.2) is 102 Å². The van der Waals surface area contributed by atoms with Gasteiger partial charge in [0.05, 0.1) is 5.69 Å². The third-order valence-corrected chi connectivity index (χ3v) is 5.18. The molecule has 0 fully saturated rings. The van der Waals surface area contributed by atoms with Crippen LogP contribution in [0.2, 0.25) is 0 Å². The maximum atomic E-state index is 5.91. The minimum atomic E-state index is 0.342. The van der Waals surface area contributed by atoms with Crippen molar-refractivity contribution in [2.75, 3.05) is 0 Å². The fourth-order valence-electron chi connectivity index (χ4n) is 3.37. The molecule has 0 saturated carbocycles. The lowest BCUT2D eigenvalue weighted by molar-refractivity contribution is 0.289. The van der Waals surface area contributed by atoms with Crippen molar-refractivity contribution in [3.63, 3.8) is 0 Å². The van der Waals surface area contributed by atoms with Gasteiger partial charge in [-0.1, -0.05) is 48.5 Å². The largest absolute Gasteiger partial charge is 0.487 e. The number of aromatic nitrogens is 3. The van der Waals surface area contributed by atoms with E-state index in [9.17, 15) is 0 Å². The third kappa shape index (κ3) is 4.96. The Morgan fingerprint density at radius 2 is 1.52 bits per heavy atom. The van der Waals surface area contributed by atoms with Gasteiger partial charge < -0.3 is 13.9 Å². The lowest BCUT2D eigenvalue weighted by Gasteiger charge is -2.07. The maximum Gasteiger partial charge on any atom is 0.233 e. The standard InChI is InChI=1S/C27H23N3O3/c1-20-25(28-27(33-20)22-8-4-2-5-9-22)19-31-24-14-12-21(13-15-24)18-32-26-16-17-30(29-26)23-10-6-3-7-11-23/h2-17H,18-19H2,1H3. The smallest absolute Gasteiger partial charge is 0.233 e. The van der Waals surface area contributed by atoms with Crippen molar-refractivity contribution in [3.8, 4) is 28.8 Å². The van der Waals surface area contributed by atoms with Crippen molar-refractivity contribution in [2.45, 2.75) is 20.1 Å². The molecule has 0 bridgehead atoms. The molecular formula is C27H23N3O3. The van der Waals surface area contributed by atoms with Gasteiger partial charge >= 0.3 is 0 Å². The highest BCUT2D eigenvalue weighted by Crippen LogP contribution is 2.23. The number of aryl methyl sites for hydroxylation is 1. The van der Waals surface area contributed by atoms with Crippen molar-refractivity contribution in [2.24, 2.45) is 0 Å². The molecule has 0 atom stereocenters. The van der Waals surface area contributed by atoms with E-state index in [1.54, 1.807) is 4.68 Å². The summed E-state index contributed by atoms with van der Waals surface area (Å²) < 4.78 is 19.3. The fraction of sp³-hybridized carbons (Fsp3) is 0.111. The van der Waals surface area contributed by atoms with Gasteiger partial charge in [-0.2, -0.15) is 0 Å². The Balaban J connectivity index is 1.16. The molecule has 6 nitrogen and oxygen atoms in total. The molecule has 6 heteroatoms. The van der Waals surface area contributed by atoms with E-state index in [0.29, 0.717) is 25.0 Å². The van der Waals surface area contributed by atoms with Gasteiger partial charge in [-0.05, 0) is 48.9 Å². The van der Waals surface area contributed by atoms with Crippen molar-refractivity contribution in [1.29, 1.82) is 0 Å². The summed E-state index contributed by atoms with van der Waals surface area (Å²) in [5, 5.41) is 4.46. The summed E-state index contributed by atoms with van der Waals surface area (Å²) in [6.07, 6.45) is 1.89. The number of benzene rings is 3. The highest BCUT2D eigenvalue weighted by Gasteiger charge is 2.12. The topological polar surface area (TPSA) is 62.3 Å². The number of oxazole rings is 1. The first-order valence-electron chi connectivity index (χ1n) is 10.7. The molecule has 2 aromatic heterocycles. The highest BCUT2D eigenvalue weighted by molar-refractivity contribution is 5.53. The molecule has 0 aliphatic carbocycles. The number of nitrogens with zero attached hydrogens (tertiary/aromatic N) is 3. The van der Waals surface area contributed by atoms with E-state index in [1.165, 1.54) is 0 Å². The second-order valence-corrected chi connectivity index (χ2v) is 7.54. The number of hydrogen-bond acceptors (Lipinski definition) is 5. The SMILES string of the molecule is Cc1oc(-c2ccccc2)nc1COc1ccc(COc2ccn(-c3ccccc3)n2)cc1. The maximum absolute atomic E-state index is 5.91. The summed E-state index contributed by atoms with van der Waals surface area (Å²) >= 11 is 0. The second kappa shape index (κ2) is 9.44. The monoisotopic (exact) mass is 437 g/mol. The molecule has 164 valence electrons. The van der Waals surface area contributed by atoms with Gasteiger partial charge in [-0.3, -0.25) is 0 Å². The molecule has 0 amide bonds. The van der Waals surface area contributed by atoms with Gasteiger partial charge in [0.1, 0.15) is 30.4 Å². The predicted octanol–water partition coefficient (Wildman–Crippen LogP) is 5.99. The Morgan fingerprint density at radius 1 is 0.788 bits per heavy atom. The van der Waals surface area contributed by atoms with Gasteiger partial charge in [0.2, 0.25) is 11.8 Å². The van der Waals surface area contributed by atoms with Crippen molar-refractivity contribution >= 4 is 0 Å². The summed E-state index contributed by atoms with van der Waals surface area (Å²) in [4.78, 5) is 4.58. The Kier molecular flexibility index (Phi) is 5.89. The number of rotatable bonds is 8. The van der Waals surface area contributed by atoms with Gasteiger partial charge in [0.25, 0.3) is 0 Å². The van der Waals surface area contributed by atoms with Crippen molar-refractivity contribution in [3.05, 3.63) is 114 Å². The van der Waals surface area contributed by atoms with Gasteiger partial charge in [-0.25, -0.2) is 9.67 Å². The van der Waals surface area contributed by atoms with Gasteiger partial charge in [-0.15, -0.1) is 5.10 Å². The molecule has 3 aromatic carbocycles. The molecule has 0 spiro atoms. The molecule has 0 unspecified atom stereocenters. The lowest BCUT2D eigenvalue weighted by Crippen LogP contribution is -2.00. The Hall–Kier alpha value is -4.32. The minimum Gasteiger partial charge on any atom is -0.487 e. The van der Waals surface area contributed by atoms with E-state index in [2.05, 4.69) is 10.1 Å². The summed E-state index contributed by atoms with van der Waals surface area (Å²) in [5.41, 5.74) is 3.76. The molecule has 2 heterocycles. The minimum absolute atomic E-state index is 0.342. The molecule has 5 aromatic rings. The van der Waals surface area contributed by atoms with Crippen molar-refractivity contribution in [1.82, 2.24) is 14.8 Å². The van der Waals surface area contributed by atoms with E-state index in [0.717, 1.165) is 34.0 Å². The van der Waals surface area contributed by atoms with Crippen molar-refractivity contribution < 1.29 is 13.9 Å². The van der Waals surface area contributed by atoms with Crippen LogP contribution in [0.25, 0.3) is 17.1 Å². The molecule has 0 radical (unpaired) electrons. The third-order valence-electron chi connectivity index (χ3n) is 5.18. The van der Waals surface area contributed by atoms with E-state index in [-0.39, 0.29) is 0 Å². The lowest BCUT2D eigenvalue weighted by atomic mass is 10.2. The number of para-hydroxylation sites is 1. The predicted molar refractivity (Wildman–Crippen MR) is 125 cm³/mol. The Morgan fingerprint density at radius 3 is 2.27 bits per heavy atom. The van der Waals surface area contributed by atoms with Crippen LogP contribution in [-0.4, -0.2) is 14.8 Å². The quantitative estimate of drug-likeness (QED) is 0.298. The number of ether oxygens (including phenoxy) is 2. The van der Waals surface area contributed by atoms with Crippen LogP contribution in [0, 0.1) is 6.92 Å². The van der Waals surface area contributed by atoms with Gasteiger partial charge in [0.15, 0.2) is 0 Å². The summed E-state index contributed by atoms with van der Waals surface area (Å²) in [5.74, 6) is 2.70. The van der Waals surface area contributed by atoms with Crippen LogP contribution in [0.3, 0.4) is 0 Å². The first-order valence-corrected chi connectivity index (χ1v) is 10.7.